The fourth-order valence-corrected chi connectivity index (χ4v) is 2.38. The SMILES string of the molecule is CCOC(=O)C(C)=C=C(C)[C@H](O)c1cccc2ccccc12. The van der Waals surface area contributed by atoms with Crippen molar-refractivity contribution in [3.63, 3.8) is 0 Å². The predicted molar refractivity (Wildman–Crippen MR) is 87.4 cm³/mol. The van der Waals surface area contributed by atoms with Crippen molar-refractivity contribution in [3.05, 3.63) is 64.9 Å². The molecule has 0 fully saturated rings. The number of aliphatic hydroxyl groups excluding tert-OH is 1. The van der Waals surface area contributed by atoms with E-state index < -0.39 is 12.1 Å². The highest BCUT2D eigenvalue weighted by atomic mass is 16.5. The summed E-state index contributed by atoms with van der Waals surface area (Å²) in [5.41, 5.74) is 4.69. The number of carbonyl (C=O) groups is 1. The summed E-state index contributed by atoms with van der Waals surface area (Å²) in [5.74, 6) is -0.410. The fourth-order valence-electron chi connectivity index (χ4n) is 2.38. The first kappa shape index (κ1) is 16.0. The second kappa shape index (κ2) is 7.08. The number of esters is 1. The molecule has 0 heterocycles. The highest BCUT2D eigenvalue weighted by Gasteiger charge is 2.13. The number of benzene rings is 2. The lowest BCUT2D eigenvalue weighted by molar-refractivity contribution is -0.138. The molecule has 0 aliphatic rings. The van der Waals surface area contributed by atoms with Gasteiger partial charge in [0.1, 0.15) is 6.10 Å². The molecule has 2 rings (SSSR count). The molecule has 3 nitrogen and oxygen atoms in total. The van der Waals surface area contributed by atoms with E-state index in [1.54, 1.807) is 20.8 Å². The Labute approximate surface area is 130 Å². The molecular weight excluding hydrogens is 276 g/mol. The van der Waals surface area contributed by atoms with Crippen molar-refractivity contribution in [2.24, 2.45) is 0 Å². The number of ether oxygens (including phenoxy) is 1. The summed E-state index contributed by atoms with van der Waals surface area (Å²) < 4.78 is 4.93. The van der Waals surface area contributed by atoms with Gasteiger partial charge in [-0.25, -0.2) is 4.79 Å². The first-order valence-electron chi connectivity index (χ1n) is 7.31. The second-order valence-corrected chi connectivity index (χ2v) is 5.12. The van der Waals surface area contributed by atoms with Crippen LogP contribution in [0.2, 0.25) is 0 Å². The zero-order valence-electron chi connectivity index (χ0n) is 13.1. The van der Waals surface area contributed by atoms with Gasteiger partial charge in [-0.2, -0.15) is 0 Å². The molecule has 2 aromatic rings. The quantitative estimate of drug-likeness (QED) is 0.528. The van der Waals surface area contributed by atoms with Gasteiger partial charge in [0.2, 0.25) is 0 Å². The number of hydrogen-bond donors (Lipinski definition) is 1. The molecule has 0 aliphatic carbocycles. The average Bonchev–Trinajstić information content (AvgIpc) is 2.53. The average molecular weight is 296 g/mol. The molecule has 0 saturated heterocycles. The van der Waals surface area contributed by atoms with E-state index in [4.69, 9.17) is 4.74 Å². The van der Waals surface area contributed by atoms with Gasteiger partial charge in [0.05, 0.1) is 12.2 Å². The minimum Gasteiger partial charge on any atom is -0.462 e. The van der Waals surface area contributed by atoms with E-state index in [-0.39, 0.29) is 0 Å². The van der Waals surface area contributed by atoms with Gasteiger partial charge < -0.3 is 9.84 Å². The molecule has 1 atom stereocenters. The summed E-state index contributed by atoms with van der Waals surface area (Å²) >= 11 is 0. The van der Waals surface area contributed by atoms with Gasteiger partial charge in [-0.15, -0.1) is 5.73 Å². The minimum absolute atomic E-state index is 0.322. The molecule has 114 valence electrons. The zero-order valence-corrected chi connectivity index (χ0v) is 13.1. The lowest BCUT2D eigenvalue weighted by Crippen LogP contribution is -2.05. The van der Waals surface area contributed by atoms with E-state index in [2.05, 4.69) is 5.73 Å². The first-order chi connectivity index (χ1) is 10.5. The summed E-state index contributed by atoms with van der Waals surface area (Å²) in [6.07, 6.45) is -0.810. The van der Waals surface area contributed by atoms with E-state index >= 15 is 0 Å². The molecule has 2 aromatic carbocycles. The second-order valence-electron chi connectivity index (χ2n) is 5.12. The Bertz CT molecular complexity index is 747. The molecule has 22 heavy (non-hydrogen) atoms. The molecule has 0 amide bonds. The third kappa shape index (κ3) is 3.45. The van der Waals surface area contributed by atoms with Gasteiger partial charge in [-0.3, -0.25) is 0 Å². The van der Waals surface area contributed by atoms with Gasteiger partial charge in [0.15, 0.2) is 0 Å². The zero-order chi connectivity index (χ0) is 16.1. The topological polar surface area (TPSA) is 46.5 Å². The smallest absolute Gasteiger partial charge is 0.341 e. The first-order valence-corrected chi connectivity index (χ1v) is 7.31. The van der Waals surface area contributed by atoms with Crippen LogP contribution in [0.5, 0.6) is 0 Å². The Hall–Kier alpha value is -2.35. The number of rotatable bonds is 4. The van der Waals surface area contributed by atoms with Crippen molar-refractivity contribution in [2.75, 3.05) is 6.61 Å². The van der Waals surface area contributed by atoms with Crippen LogP contribution in [0.3, 0.4) is 0 Å². The van der Waals surface area contributed by atoms with Crippen LogP contribution in [-0.2, 0) is 9.53 Å². The maximum absolute atomic E-state index is 11.6. The van der Waals surface area contributed by atoms with Crippen LogP contribution in [0.25, 0.3) is 10.8 Å². The molecule has 0 bridgehead atoms. The van der Waals surface area contributed by atoms with E-state index in [1.807, 2.05) is 42.5 Å². The van der Waals surface area contributed by atoms with Gasteiger partial charge in [-0.1, -0.05) is 42.5 Å². The van der Waals surface area contributed by atoms with Crippen LogP contribution in [0.15, 0.2) is 59.3 Å². The van der Waals surface area contributed by atoms with Gasteiger partial charge in [-0.05, 0) is 37.1 Å². The van der Waals surface area contributed by atoms with Crippen LogP contribution in [0, 0.1) is 0 Å². The van der Waals surface area contributed by atoms with Crippen LogP contribution < -0.4 is 0 Å². The van der Waals surface area contributed by atoms with Crippen molar-refractivity contribution < 1.29 is 14.6 Å². The maximum atomic E-state index is 11.6. The molecule has 0 spiro atoms. The molecule has 0 saturated carbocycles. The van der Waals surface area contributed by atoms with Crippen molar-refractivity contribution in [3.8, 4) is 0 Å². The fraction of sp³-hybridized carbons (Fsp3) is 0.263. The lowest BCUT2D eigenvalue weighted by atomic mass is 9.96. The number of aliphatic hydroxyl groups is 1. The predicted octanol–water partition coefficient (Wildman–Crippen LogP) is 3.93. The maximum Gasteiger partial charge on any atom is 0.341 e. The third-order valence-electron chi connectivity index (χ3n) is 3.49. The summed E-state index contributed by atoms with van der Waals surface area (Å²) in [6, 6.07) is 13.7. The standard InChI is InChI=1S/C19H20O3/c1-4-22-19(21)14(3)12-13(2)18(20)17-11-7-9-15-8-5-6-10-16(15)17/h5-11,18,20H,4H2,1-3H3/t12?,18-/m0/s1. The summed E-state index contributed by atoms with van der Waals surface area (Å²) in [4.78, 5) is 11.6. The largest absolute Gasteiger partial charge is 0.462 e. The molecule has 0 aromatic heterocycles. The highest BCUT2D eigenvalue weighted by Crippen LogP contribution is 2.28. The minimum atomic E-state index is -0.810. The van der Waals surface area contributed by atoms with Crippen LogP contribution >= 0.6 is 0 Å². The van der Waals surface area contributed by atoms with Crippen molar-refractivity contribution in [1.29, 1.82) is 0 Å². The van der Waals surface area contributed by atoms with E-state index in [9.17, 15) is 9.90 Å². The van der Waals surface area contributed by atoms with Crippen molar-refractivity contribution in [1.82, 2.24) is 0 Å². The highest BCUT2D eigenvalue weighted by molar-refractivity contribution is 5.88. The Morgan fingerprint density at radius 3 is 2.59 bits per heavy atom. The molecule has 1 N–H and O–H groups in total. The number of carbonyl (C=O) groups excluding carboxylic acids is 1. The molecular formula is C19H20O3. The monoisotopic (exact) mass is 296 g/mol. The molecule has 3 heteroatoms. The Kier molecular flexibility index (Phi) is 5.16. The van der Waals surface area contributed by atoms with Gasteiger partial charge in [0, 0.05) is 5.57 Å². The summed E-state index contributed by atoms with van der Waals surface area (Å²) in [6.45, 7) is 5.47. The molecule has 0 radical (unpaired) electrons. The van der Waals surface area contributed by atoms with Crippen LogP contribution in [0.1, 0.15) is 32.4 Å². The van der Waals surface area contributed by atoms with E-state index in [0.717, 1.165) is 16.3 Å². The Balaban J connectivity index is 2.43. The van der Waals surface area contributed by atoms with Gasteiger partial charge in [0.25, 0.3) is 0 Å². The molecule has 0 aliphatic heterocycles. The van der Waals surface area contributed by atoms with Crippen LogP contribution in [0.4, 0.5) is 0 Å². The number of fused-ring (bicyclic) bond motifs is 1. The van der Waals surface area contributed by atoms with E-state index in [1.165, 1.54) is 0 Å². The van der Waals surface area contributed by atoms with Crippen LogP contribution in [-0.4, -0.2) is 17.7 Å². The summed E-state index contributed by atoms with van der Waals surface area (Å²) in [5, 5.41) is 12.6. The lowest BCUT2D eigenvalue weighted by Gasteiger charge is -2.13. The van der Waals surface area contributed by atoms with E-state index in [0.29, 0.717) is 17.8 Å². The Morgan fingerprint density at radius 2 is 1.86 bits per heavy atom. The third-order valence-corrected chi connectivity index (χ3v) is 3.49. The number of hydrogen-bond acceptors (Lipinski definition) is 3. The van der Waals surface area contributed by atoms with Crippen molar-refractivity contribution in [2.45, 2.75) is 26.9 Å². The molecule has 0 unspecified atom stereocenters. The van der Waals surface area contributed by atoms with Gasteiger partial charge >= 0.3 is 5.97 Å². The van der Waals surface area contributed by atoms with Crippen molar-refractivity contribution >= 4 is 16.7 Å². The normalized spacial score (nSPS) is 11.6. The summed E-state index contributed by atoms with van der Waals surface area (Å²) in [7, 11) is 0. The Morgan fingerprint density at radius 1 is 1.18 bits per heavy atom.